The third-order valence-corrected chi connectivity index (χ3v) is 5.84. The highest BCUT2D eigenvalue weighted by Gasteiger charge is 2.36. The summed E-state index contributed by atoms with van der Waals surface area (Å²) in [5, 5.41) is 2.80. The lowest BCUT2D eigenvalue weighted by Crippen LogP contribution is -2.46. The van der Waals surface area contributed by atoms with Crippen molar-refractivity contribution in [2.24, 2.45) is 5.41 Å². The molecule has 0 radical (unpaired) electrons. The quantitative estimate of drug-likeness (QED) is 0.787. The molecule has 2 fully saturated rings. The first-order valence-electron chi connectivity index (χ1n) is 10.1. The molecule has 1 aromatic carbocycles. The Kier molecular flexibility index (Phi) is 7.10. The van der Waals surface area contributed by atoms with Gasteiger partial charge in [0.25, 0.3) is 0 Å². The third-order valence-electron chi connectivity index (χ3n) is 5.84. The van der Waals surface area contributed by atoms with Crippen LogP contribution in [0.15, 0.2) is 24.3 Å². The van der Waals surface area contributed by atoms with E-state index >= 15 is 0 Å². The Balaban J connectivity index is 1.39. The van der Waals surface area contributed by atoms with Gasteiger partial charge in [-0.2, -0.15) is 0 Å². The van der Waals surface area contributed by atoms with Gasteiger partial charge < -0.3 is 14.8 Å². The number of hydrogen-bond acceptors (Lipinski definition) is 5. The molecule has 6 heteroatoms. The molecule has 2 aliphatic heterocycles. The molecule has 1 amide bonds. The van der Waals surface area contributed by atoms with Gasteiger partial charge in [-0.25, -0.2) is 0 Å². The fraction of sp³-hybridized carbons (Fsp3) is 0.667. The van der Waals surface area contributed by atoms with E-state index in [1.165, 1.54) is 5.56 Å². The second-order valence-electron chi connectivity index (χ2n) is 7.86. The lowest BCUT2D eigenvalue weighted by atomic mass is 9.79. The van der Waals surface area contributed by atoms with E-state index in [0.29, 0.717) is 6.61 Å². The Morgan fingerprint density at radius 3 is 2.41 bits per heavy atom. The molecule has 0 unspecified atom stereocenters. The first-order chi connectivity index (χ1) is 13.1. The lowest BCUT2D eigenvalue weighted by Gasteiger charge is -2.38. The molecule has 0 atom stereocenters. The summed E-state index contributed by atoms with van der Waals surface area (Å²) in [4.78, 5) is 16.8. The highest BCUT2D eigenvalue weighted by Crippen LogP contribution is 2.31. The number of carbonyl (C=O) groups is 1. The molecule has 1 aromatic rings. The second-order valence-corrected chi connectivity index (χ2v) is 7.86. The fourth-order valence-corrected chi connectivity index (χ4v) is 3.80. The number of amides is 1. The number of nitrogens with zero attached hydrogens (tertiary/aromatic N) is 2. The molecule has 2 aliphatic rings. The number of likely N-dealkylation sites (tertiary alicyclic amines) is 1. The maximum atomic E-state index is 12.0. The van der Waals surface area contributed by atoms with Gasteiger partial charge in [-0.3, -0.25) is 14.6 Å². The van der Waals surface area contributed by atoms with Crippen molar-refractivity contribution in [1.29, 1.82) is 0 Å². The van der Waals surface area contributed by atoms with E-state index in [4.69, 9.17) is 9.47 Å². The van der Waals surface area contributed by atoms with E-state index in [2.05, 4.69) is 46.3 Å². The van der Waals surface area contributed by atoms with E-state index in [0.717, 1.165) is 71.1 Å². The Labute approximate surface area is 162 Å². The molecule has 0 saturated carbocycles. The lowest BCUT2D eigenvalue weighted by molar-refractivity contribution is -0.132. The van der Waals surface area contributed by atoms with Gasteiger partial charge in [0.2, 0.25) is 5.91 Å². The van der Waals surface area contributed by atoms with Gasteiger partial charge in [-0.05, 0) is 43.6 Å². The normalized spacial score (nSPS) is 21.0. The summed E-state index contributed by atoms with van der Waals surface area (Å²) in [7, 11) is 1.73. The number of rotatable bonds is 7. The first kappa shape index (κ1) is 20.1. The van der Waals surface area contributed by atoms with Crippen molar-refractivity contribution >= 4 is 5.91 Å². The number of morpholine rings is 1. The fourth-order valence-electron chi connectivity index (χ4n) is 3.80. The van der Waals surface area contributed by atoms with Gasteiger partial charge in [-0.15, -0.1) is 0 Å². The molecule has 3 rings (SSSR count). The maximum Gasteiger partial charge on any atom is 0.225 e. The van der Waals surface area contributed by atoms with Crippen LogP contribution in [-0.4, -0.2) is 75.3 Å². The number of benzene rings is 1. The van der Waals surface area contributed by atoms with Crippen LogP contribution < -0.4 is 10.1 Å². The monoisotopic (exact) mass is 375 g/mol. The molecule has 0 bridgehead atoms. The van der Waals surface area contributed by atoms with Crippen molar-refractivity contribution in [3.63, 3.8) is 0 Å². The summed E-state index contributed by atoms with van der Waals surface area (Å²) in [6.07, 6.45) is 1.82. The van der Waals surface area contributed by atoms with Crippen LogP contribution in [0, 0.1) is 5.41 Å². The van der Waals surface area contributed by atoms with Crippen LogP contribution in [0.1, 0.15) is 25.3 Å². The van der Waals surface area contributed by atoms with Crippen LogP contribution in [0.4, 0.5) is 0 Å². The van der Waals surface area contributed by atoms with E-state index < -0.39 is 0 Å². The van der Waals surface area contributed by atoms with Crippen molar-refractivity contribution < 1.29 is 14.3 Å². The number of ether oxygens (including phenoxy) is 2. The second kappa shape index (κ2) is 9.53. The van der Waals surface area contributed by atoms with Crippen LogP contribution in [-0.2, 0) is 16.1 Å². The van der Waals surface area contributed by atoms with Gasteiger partial charge in [0.15, 0.2) is 0 Å². The molecular formula is C21H33N3O3. The van der Waals surface area contributed by atoms with Crippen molar-refractivity contribution in [2.75, 3.05) is 59.6 Å². The molecule has 0 aromatic heterocycles. The standard InChI is InChI=1S/C21H33N3O3/c1-21(20(25)22-2)7-9-24(10-8-21)17-18-3-5-19(6-4-18)27-16-13-23-11-14-26-15-12-23/h3-6H,7-17H2,1-2H3,(H,22,25). The van der Waals surface area contributed by atoms with Crippen molar-refractivity contribution in [2.45, 2.75) is 26.3 Å². The maximum absolute atomic E-state index is 12.0. The average molecular weight is 376 g/mol. The van der Waals surface area contributed by atoms with E-state index in [9.17, 15) is 4.79 Å². The summed E-state index contributed by atoms with van der Waals surface area (Å²) in [5.74, 6) is 1.10. The van der Waals surface area contributed by atoms with Crippen LogP contribution in [0.25, 0.3) is 0 Å². The molecular weight excluding hydrogens is 342 g/mol. The minimum Gasteiger partial charge on any atom is -0.492 e. The SMILES string of the molecule is CNC(=O)C1(C)CCN(Cc2ccc(OCCN3CCOCC3)cc2)CC1. The zero-order chi connectivity index (χ0) is 19.1. The highest BCUT2D eigenvalue weighted by atomic mass is 16.5. The average Bonchev–Trinajstić information content (AvgIpc) is 2.71. The van der Waals surface area contributed by atoms with Crippen LogP contribution in [0.3, 0.4) is 0 Å². The topological polar surface area (TPSA) is 54.0 Å². The zero-order valence-electron chi connectivity index (χ0n) is 16.7. The molecule has 0 aliphatic carbocycles. The Morgan fingerprint density at radius 1 is 1.11 bits per heavy atom. The summed E-state index contributed by atoms with van der Waals surface area (Å²) >= 11 is 0. The smallest absolute Gasteiger partial charge is 0.225 e. The zero-order valence-corrected chi connectivity index (χ0v) is 16.7. The molecule has 1 N–H and O–H groups in total. The number of hydrogen-bond donors (Lipinski definition) is 1. The van der Waals surface area contributed by atoms with Gasteiger partial charge in [0.1, 0.15) is 12.4 Å². The summed E-state index contributed by atoms with van der Waals surface area (Å²) < 4.78 is 11.2. The number of carbonyl (C=O) groups excluding carboxylic acids is 1. The van der Waals surface area contributed by atoms with Crippen molar-refractivity contribution in [3.05, 3.63) is 29.8 Å². The summed E-state index contributed by atoms with van der Waals surface area (Å²) in [6, 6.07) is 8.42. The minimum atomic E-state index is -0.219. The number of piperidine rings is 1. The Hall–Kier alpha value is -1.63. The van der Waals surface area contributed by atoms with Gasteiger partial charge in [-0.1, -0.05) is 19.1 Å². The molecule has 6 nitrogen and oxygen atoms in total. The van der Waals surface area contributed by atoms with E-state index in [1.807, 2.05) is 0 Å². The third kappa shape index (κ3) is 5.67. The molecule has 2 heterocycles. The highest BCUT2D eigenvalue weighted by molar-refractivity contribution is 5.82. The van der Waals surface area contributed by atoms with Gasteiger partial charge >= 0.3 is 0 Å². The molecule has 150 valence electrons. The summed E-state index contributed by atoms with van der Waals surface area (Å²) in [6.45, 7) is 10.2. The predicted molar refractivity (Wildman–Crippen MR) is 106 cm³/mol. The molecule has 0 spiro atoms. The van der Waals surface area contributed by atoms with Crippen molar-refractivity contribution in [3.8, 4) is 5.75 Å². The van der Waals surface area contributed by atoms with Gasteiger partial charge in [0.05, 0.1) is 13.2 Å². The van der Waals surface area contributed by atoms with Crippen molar-refractivity contribution in [1.82, 2.24) is 15.1 Å². The van der Waals surface area contributed by atoms with Crippen LogP contribution >= 0.6 is 0 Å². The Bertz CT molecular complexity index is 591. The minimum absolute atomic E-state index is 0.167. The van der Waals surface area contributed by atoms with Gasteiger partial charge in [0, 0.05) is 38.6 Å². The first-order valence-corrected chi connectivity index (χ1v) is 10.1. The summed E-state index contributed by atoms with van der Waals surface area (Å²) in [5.41, 5.74) is 1.07. The van der Waals surface area contributed by atoms with E-state index in [1.54, 1.807) is 7.05 Å². The predicted octanol–water partition coefficient (Wildman–Crippen LogP) is 1.75. The molecule has 27 heavy (non-hydrogen) atoms. The van der Waals surface area contributed by atoms with Crippen LogP contribution in [0.2, 0.25) is 0 Å². The Morgan fingerprint density at radius 2 is 1.78 bits per heavy atom. The molecule has 2 saturated heterocycles. The largest absolute Gasteiger partial charge is 0.492 e. The number of nitrogens with one attached hydrogen (secondary N) is 1. The van der Waals surface area contributed by atoms with E-state index in [-0.39, 0.29) is 11.3 Å². The van der Waals surface area contributed by atoms with Crippen LogP contribution in [0.5, 0.6) is 5.75 Å².